The Labute approximate surface area is 290 Å². The predicted octanol–water partition coefficient (Wildman–Crippen LogP) is 10.3. The van der Waals surface area contributed by atoms with Gasteiger partial charge < -0.3 is 9.47 Å². The van der Waals surface area contributed by atoms with Gasteiger partial charge in [0.15, 0.2) is 0 Å². The van der Waals surface area contributed by atoms with Crippen LogP contribution >= 0.6 is 0 Å². The van der Waals surface area contributed by atoms with Crippen LogP contribution < -0.4 is 4.90 Å². The van der Waals surface area contributed by atoms with E-state index >= 15 is 0 Å². The highest BCUT2D eigenvalue weighted by molar-refractivity contribution is 6.09. The molecule has 234 valence electrons. The van der Waals surface area contributed by atoms with Crippen molar-refractivity contribution in [2.24, 2.45) is 0 Å². The molecule has 0 fully saturated rings. The van der Waals surface area contributed by atoms with Crippen molar-refractivity contribution < 1.29 is 0 Å². The molecular formula is C45H29N5. The minimum atomic E-state index is 0.0106. The van der Waals surface area contributed by atoms with Crippen molar-refractivity contribution in [2.45, 2.75) is 24.3 Å². The van der Waals surface area contributed by atoms with Crippen LogP contribution in [0.5, 0.6) is 0 Å². The van der Waals surface area contributed by atoms with Crippen molar-refractivity contribution in [3.8, 4) is 23.9 Å². The number of anilines is 2. The summed E-state index contributed by atoms with van der Waals surface area (Å²) in [7, 11) is 0. The minimum Gasteiger partial charge on any atom is -0.333 e. The summed E-state index contributed by atoms with van der Waals surface area (Å²) in [6, 6.07) is 42.2. The van der Waals surface area contributed by atoms with E-state index in [0.29, 0.717) is 16.7 Å². The van der Waals surface area contributed by atoms with Gasteiger partial charge in [0.2, 0.25) is 0 Å². The van der Waals surface area contributed by atoms with Crippen LogP contribution in [0.2, 0.25) is 0 Å². The van der Waals surface area contributed by atoms with Gasteiger partial charge in [-0.05, 0) is 83.3 Å². The maximum absolute atomic E-state index is 10.0. The molecule has 0 saturated heterocycles. The fourth-order valence-electron chi connectivity index (χ4n) is 8.08. The maximum atomic E-state index is 10.0. The van der Waals surface area contributed by atoms with Gasteiger partial charge in [-0.25, -0.2) is 0 Å². The molecule has 0 amide bonds. The van der Waals surface area contributed by atoms with Crippen LogP contribution in [0, 0.1) is 34.0 Å². The number of rotatable bonds is 4. The lowest BCUT2D eigenvalue weighted by Crippen LogP contribution is -2.28. The van der Waals surface area contributed by atoms with Gasteiger partial charge in [-0.1, -0.05) is 91.1 Å². The third-order valence-electron chi connectivity index (χ3n) is 10.4. The van der Waals surface area contributed by atoms with Crippen LogP contribution in [-0.4, -0.2) is 10.6 Å². The van der Waals surface area contributed by atoms with Crippen molar-refractivity contribution in [2.75, 3.05) is 4.90 Å². The summed E-state index contributed by atoms with van der Waals surface area (Å²) in [6.45, 7) is 0. The summed E-state index contributed by atoms with van der Waals surface area (Å²) in [6.07, 6.45) is 16.1. The third kappa shape index (κ3) is 4.51. The minimum absolute atomic E-state index is 0.0106. The van der Waals surface area contributed by atoms with E-state index < -0.39 is 0 Å². The Morgan fingerprint density at radius 3 is 2.08 bits per heavy atom. The molecule has 0 saturated carbocycles. The first-order chi connectivity index (χ1) is 24.7. The van der Waals surface area contributed by atoms with Gasteiger partial charge in [0.1, 0.15) is 12.1 Å². The fraction of sp³-hybridized carbons (Fsp3) is 0.0889. The van der Waals surface area contributed by atoms with E-state index in [4.69, 9.17) is 0 Å². The van der Waals surface area contributed by atoms with E-state index in [1.54, 1.807) is 0 Å². The van der Waals surface area contributed by atoms with Crippen LogP contribution in [0.25, 0.3) is 33.1 Å². The Bertz CT molecular complexity index is 2590. The topological polar surface area (TPSA) is 79.5 Å². The number of nitrogens with zero attached hydrogens (tertiary/aromatic N) is 5. The van der Waals surface area contributed by atoms with Crippen LogP contribution in [0.3, 0.4) is 0 Å². The van der Waals surface area contributed by atoms with Crippen molar-refractivity contribution in [3.63, 3.8) is 0 Å². The average molecular weight is 640 g/mol. The SMILES string of the molecule is N#Cc1ccc2c(c1)C1C=CC=CC1N2c1cccc(C2=CCC(c3cc(C#N)c(C#N)cc3-n3c4ccccc4c4ccccc43)C=C2)c1. The van der Waals surface area contributed by atoms with E-state index in [0.717, 1.165) is 62.0 Å². The Morgan fingerprint density at radius 2 is 1.36 bits per heavy atom. The molecule has 1 aromatic heterocycles. The molecule has 3 aliphatic rings. The molecule has 9 rings (SSSR count). The highest BCUT2D eigenvalue weighted by atomic mass is 15.2. The molecule has 0 bridgehead atoms. The molecular weight excluding hydrogens is 611 g/mol. The molecule has 0 radical (unpaired) electrons. The summed E-state index contributed by atoms with van der Waals surface area (Å²) in [5.41, 5.74) is 11.2. The first-order valence-corrected chi connectivity index (χ1v) is 16.8. The van der Waals surface area contributed by atoms with Crippen molar-refractivity contribution in [3.05, 3.63) is 179 Å². The van der Waals surface area contributed by atoms with E-state index in [-0.39, 0.29) is 17.9 Å². The Kier molecular flexibility index (Phi) is 6.84. The van der Waals surface area contributed by atoms with Gasteiger partial charge >= 0.3 is 0 Å². The molecule has 1 aliphatic heterocycles. The molecule has 5 heteroatoms. The van der Waals surface area contributed by atoms with E-state index in [2.05, 4.69) is 137 Å². The first-order valence-electron chi connectivity index (χ1n) is 16.8. The molecule has 3 atom stereocenters. The number of fused-ring (bicyclic) bond motifs is 6. The lowest BCUT2D eigenvalue weighted by Gasteiger charge is -2.29. The standard InChI is InChI=1S/C45H29N5/c46-26-29-16-21-44-40(22-29)38-12-3-4-13-41(38)49(44)35-9-7-8-32(23-35)30-17-19-31(20-18-30)39-24-33(27-47)34(28-48)25-45(39)50-42-14-5-1-10-36(42)37-11-2-6-15-43(37)50/h1-19,21-25,31,38,41H,20H2. The number of allylic oxidation sites excluding steroid dienone is 6. The summed E-state index contributed by atoms with van der Waals surface area (Å²) in [5.74, 6) is 0.201. The highest BCUT2D eigenvalue weighted by Crippen LogP contribution is 2.48. The second-order valence-corrected chi connectivity index (χ2v) is 13.0. The summed E-state index contributed by atoms with van der Waals surface area (Å²) >= 11 is 0. The quantitative estimate of drug-likeness (QED) is 0.192. The van der Waals surface area contributed by atoms with Crippen molar-refractivity contribution in [1.29, 1.82) is 15.8 Å². The lowest BCUT2D eigenvalue weighted by molar-refractivity contribution is 0.744. The predicted molar refractivity (Wildman–Crippen MR) is 199 cm³/mol. The van der Waals surface area contributed by atoms with Gasteiger partial charge in [0.05, 0.1) is 45.5 Å². The number of hydrogen-bond donors (Lipinski definition) is 0. The molecule has 0 spiro atoms. The van der Waals surface area contributed by atoms with E-state index in [1.165, 1.54) is 5.56 Å². The molecule has 3 unspecified atom stereocenters. The maximum Gasteiger partial charge on any atom is 0.101 e. The number of nitriles is 3. The largest absolute Gasteiger partial charge is 0.333 e. The number of benzene rings is 5. The van der Waals surface area contributed by atoms with Crippen LogP contribution in [0.4, 0.5) is 11.4 Å². The lowest BCUT2D eigenvalue weighted by atomic mass is 9.85. The normalized spacial score (nSPS) is 18.7. The fourth-order valence-corrected chi connectivity index (χ4v) is 8.08. The molecule has 0 N–H and O–H groups in total. The number of aromatic nitrogens is 1. The summed E-state index contributed by atoms with van der Waals surface area (Å²) in [4.78, 5) is 2.39. The van der Waals surface area contributed by atoms with Crippen LogP contribution in [0.15, 0.2) is 146 Å². The Morgan fingerprint density at radius 1 is 0.620 bits per heavy atom. The zero-order valence-corrected chi connectivity index (χ0v) is 27.0. The van der Waals surface area contributed by atoms with Crippen molar-refractivity contribution >= 4 is 38.8 Å². The van der Waals surface area contributed by atoms with Crippen LogP contribution in [-0.2, 0) is 0 Å². The van der Waals surface area contributed by atoms with Crippen LogP contribution in [0.1, 0.15) is 51.6 Å². The van der Waals surface area contributed by atoms with Gasteiger partial charge in [-0.3, -0.25) is 0 Å². The number of para-hydroxylation sites is 2. The smallest absolute Gasteiger partial charge is 0.101 e. The molecule has 50 heavy (non-hydrogen) atoms. The average Bonchev–Trinajstić information content (AvgIpc) is 3.70. The van der Waals surface area contributed by atoms with Gasteiger partial charge in [0, 0.05) is 34.0 Å². The van der Waals surface area contributed by atoms with Gasteiger partial charge in [-0.15, -0.1) is 0 Å². The Hall–Kier alpha value is -6.87. The second kappa shape index (κ2) is 11.7. The zero-order valence-electron chi connectivity index (χ0n) is 27.0. The first kappa shape index (κ1) is 29.3. The zero-order chi connectivity index (χ0) is 33.8. The third-order valence-corrected chi connectivity index (χ3v) is 10.4. The molecule has 2 heterocycles. The van der Waals surface area contributed by atoms with E-state index in [9.17, 15) is 15.8 Å². The molecule has 6 aromatic rings. The van der Waals surface area contributed by atoms with Gasteiger partial charge in [-0.2, -0.15) is 15.8 Å². The molecule has 5 nitrogen and oxygen atoms in total. The number of hydrogen-bond acceptors (Lipinski definition) is 4. The van der Waals surface area contributed by atoms with Crippen molar-refractivity contribution in [1.82, 2.24) is 4.57 Å². The highest BCUT2D eigenvalue weighted by Gasteiger charge is 2.37. The summed E-state index contributed by atoms with van der Waals surface area (Å²) in [5, 5.41) is 32.0. The second-order valence-electron chi connectivity index (χ2n) is 13.0. The molecule has 5 aromatic carbocycles. The molecule has 2 aliphatic carbocycles. The van der Waals surface area contributed by atoms with Gasteiger partial charge in [0.25, 0.3) is 0 Å². The summed E-state index contributed by atoms with van der Waals surface area (Å²) < 4.78 is 2.24. The Balaban J connectivity index is 1.10. The monoisotopic (exact) mass is 639 g/mol. The van der Waals surface area contributed by atoms with E-state index in [1.807, 2.05) is 36.4 Å².